The third kappa shape index (κ3) is 27.0. The predicted octanol–water partition coefficient (Wildman–Crippen LogP) is 10.8. The maximum atomic E-state index is 10.3. The minimum Gasteiger partial charge on any atom is -0.391 e. The Bertz CT molecular complexity index is 615. The molecule has 0 saturated heterocycles. The van der Waals surface area contributed by atoms with Crippen LogP contribution < -0.4 is 0 Å². The number of rotatable bonds is 32. The van der Waals surface area contributed by atoms with Crippen molar-refractivity contribution < 1.29 is 10.2 Å². The van der Waals surface area contributed by atoms with Gasteiger partial charge in [0.15, 0.2) is 8.68 Å². The molecule has 0 saturated carbocycles. The van der Waals surface area contributed by atoms with Gasteiger partial charge in [-0.2, -0.15) is 23.5 Å². The molecule has 0 fully saturated rings. The number of hydrogen-bond donors (Lipinski definition) is 2. The van der Waals surface area contributed by atoms with Crippen molar-refractivity contribution in [3.8, 4) is 0 Å². The zero-order chi connectivity index (χ0) is 29.6. The Hall–Kier alpha value is 0.880. The van der Waals surface area contributed by atoms with Crippen molar-refractivity contribution in [3.05, 3.63) is 0 Å². The lowest BCUT2D eigenvalue weighted by atomic mass is 10.1. The van der Waals surface area contributed by atoms with E-state index in [4.69, 9.17) is 0 Å². The van der Waals surface area contributed by atoms with Gasteiger partial charge in [-0.05, 0) is 24.3 Å². The van der Waals surface area contributed by atoms with Crippen LogP contribution in [0.5, 0.6) is 0 Å². The largest absolute Gasteiger partial charge is 0.391 e. The summed E-state index contributed by atoms with van der Waals surface area (Å²) in [5.41, 5.74) is 0. The van der Waals surface area contributed by atoms with E-state index in [9.17, 15) is 10.2 Å². The van der Waals surface area contributed by atoms with Crippen LogP contribution in [0.3, 0.4) is 0 Å². The van der Waals surface area contributed by atoms with Gasteiger partial charge in [-0.1, -0.05) is 164 Å². The highest BCUT2D eigenvalue weighted by atomic mass is 32.2. The minimum atomic E-state index is -0.303. The molecule has 2 atom stereocenters. The van der Waals surface area contributed by atoms with Crippen molar-refractivity contribution in [1.82, 2.24) is 10.2 Å². The lowest BCUT2D eigenvalue weighted by Crippen LogP contribution is -2.13. The first-order valence-electron chi connectivity index (χ1n) is 16.8. The second-order valence-electron chi connectivity index (χ2n) is 11.3. The van der Waals surface area contributed by atoms with Crippen molar-refractivity contribution in [2.45, 2.75) is 163 Å². The van der Waals surface area contributed by atoms with Gasteiger partial charge in [0.25, 0.3) is 0 Å². The zero-order valence-corrected chi connectivity index (χ0v) is 30.5. The Balaban J connectivity index is 1.92. The van der Waals surface area contributed by atoms with Crippen LogP contribution in [0.1, 0.15) is 142 Å². The maximum Gasteiger partial charge on any atom is 0.175 e. The normalized spacial score (nSPS) is 13.2. The number of aliphatic hydroxyl groups excluding tert-OH is 2. The molecule has 2 N–H and O–H groups in total. The Morgan fingerprint density at radius 1 is 0.488 bits per heavy atom. The molecule has 242 valence electrons. The Morgan fingerprint density at radius 2 is 0.805 bits per heavy atom. The minimum absolute atomic E-state index is 0.303. The number of aromatic nitrogens is 2. The number of aliphatic hydroxyl groups is 2. The second-order valence-corrected chi connectivity index (χ2v) is 17.1. The molecule has 1 aromatic rings. The van der Waals surface area contributed by atoms with Crippen LogP contribution in [0.25, 0.3) is 0 Å². The van der Waals surface area contributed by atoms with E-state index < -0.39 is 0 Å². The molecule has 0 bridgehead atoms. The van der Waals surface area contributed by atoms with E-state index in [1.807, 2.05) is 23.5 Å². The molecule has 0 aromatic carbocycles. The molecule has 0 radical (unpaired) electrons. The van der Waals surface area contributed by atoms with Crippen LogP contribution in [0.15, 0.2) is 8.68 Å². The molecule has 0 aliphatic carbocycles. The van der Waals surface area contributed by atoms with Gasteiger partial charge >= 0.3 is 0 Å². The Labute approximate surface area is 275 Å². The number of nitrogens with zero attached hydrogens (tertiary/aromatic N) is 2. The second kappa shape index (κ2) is 30.9. The standard InChI is InChI=1S/C32H62N2O2S5/c1-3-5-7-9-11-13-15-17-19-21-23-37-25-29(35)27-39-31-33-34-32(41-31)40-28-30(36)26-38-24-22-20-18-16-14-12-10-8-6-4-2/h29-30,35-36H,3-28H2,1-2H3. The van der Waals surface area contributed by atoms with Gasteiger partial charge in [0, 0.05) is 23.0 Å². The maximum absolute atomic E-state index is 10.3. The number of hydrogen-bond acceptors (Lipinski definition) is 9. The molecule has 41 heavy (non-hydrogen) atoms. The summed E-state index contributed by atoms with van der Waals surface area (Å²) >= 11 is 8.53. The monoisotopic (exact) mass is 666 g/mol. The van der Waals surface area contributed by atoms with Crippen LogP contribution in [-0.2, 0) is 0 Å². The fourth-order valence-corrected chi connectivity index (χ4v) is 9.72. The van der Waals surface area contributed by atoms with Gasteiger partial charge in [-0.3, -0.25) is 0 Å². The van der Waals surface area contributed by atoms with Crippen molar-refractivity contribution in [1.29, 1.82) is 0 Å². The van der Waals surface area contributed by atoms with E-state index in [0.717, 1.165) is 31.7 Å². The fourth-order valence-electron chi connectivity index (χ4n) is 4.57. The predicted molar refractivity (Wildman–Crippen MR) is 192 cm³/mol. The van der Waals surface area contributed by atoms with Gasteiger partial charge in [-0.25, -0.2) is 0 Å². The molecule has 0 aliphatic heterocycles. The first-order chi connectivity index (χ1) is 20.2. The summed E-state index contributed by atoms with van der Waals surface area (Å²) < 4.78 is 1.83. The molecule has 0 spiro atoms. The Kier molecular flexibility index (Phi) is 30.1. The van der Waals surface area contributed by atoms with E-state index in [1.165, 1.54) is 128 Å². The number of thioether (sulfide) groups is 4. The van der Waals surface area contributed by atoms with Crippen molar-refractivity contribution in [3.63, 3.8) is 0 Å². The first kappa shape index (κ1) is 39.9. The topological polar surface area (TPSA) is 66.2 Å². The van der Waals surface area contributed by atoms with Gasteiger partial charge in [0.1, 0.15) is 0 Å². The first-order valence-corrected chi connectivity index (χ1v) is 21.9. The van der Waals surface area contributed by atoms with Crippen LogP contribution in [0.4, 0.5) is 0 Å². The molecule has 4 nitrogen and oxygen atoms in total. The summed E-state index contributed by atoms with van der Waals surface area (Å²) in [6, 6.07) is 0. The lowest BCUT2D eigenvalue weighted by Gasteiger charge is -2.09. The summed E-state index contributed by atoms with van der Waals surface area (Å²) in [6.45, 7) is 4.55. The van der Waals surface area contributed by atoms with Gasteiger partial charge in [-0.15, -0.1) is 10.2 Å². The van der Waals surface area contributed by atoms with Crippen LogP contribution in [0.2, 0.25) is 0 Å². The van der Waals surface area contributed by atoms with Crippen molar-refractivity contribution in [2.24, 2.45) is 0 Å². The van der Waals surface area contributed by atoms with Crippen LogP contribution in [0, 0.1) is 0 Å². The Morgan fingerprint density at radius 3 is 1.15 bits per heavy atom. The van der Waals surface area contributed by atoms with E-state index in [-0.39, 0.29) is 12.2 Å². The van der Waals surface area contributed by atoms with Gasteiger partial charge in [0.05, 0.1) is 12.2 Å². The van der Waals surface area contributed by atoms with E-state index in [0.29, 0.717) is 11.5 Å². The molecule has 1 aromatic heterocycles. The molecule has 0 amide bonds. The average molecular weight is 667 g/mol. The third-order valence-electron chi connectivity index (χ3n) is 7.09. The SMILES string of the molecule is CCCCCCCCCCCCSCC(O)CSc1nnc(SCC(O)CSCCCCCCCCCCCC)s1. The number of unbranched alkanes of at least 4 members (excludes halogenated alkanes) is 18. The van der Waals surface area contributed by atoms with E-state index in [2.05, 4.69) is 24.0 Å². The van der Waals surface area contributed by atoms with Gasteiger partial charge < -0.3 is 10.2 Å². The van der Waals surface area contributed by atoms with E-state index >= 15 is 0 Å². The quantitative estimate of drug-likeness (QED) is 0.0582. The summed E-state index contributed by atoms with van der Waals surface area (Å²) in [5.74, 6) is 5.24. The third-order valence-corrected chi connectivity index (χ3v) is 13.0. The van der Waals surface area contributed by atoms with Crippen molar-refractivity contribution in [2.75, 3.05) is 34.5 Å². The molecule has 2 unspecified atom stereocenters. The molecule has 0 aliphatic rings. The van der Waals surface area contributed by atoms with Crippen LogP contribution in [-0.4, -0.2) is 67.1 Å². The highest BCUT2D eigenvalue weighted by molar-refractivity contribution is 8.03. The molecular weight excluding hydrogens is 605 g/mol. The molecule has 9 heteroatoms. The summed E-state index contributed by atoms with van der Waals surface area (Å²) in [4.78, 5) is 0. The van der Waals surface area contributed by atoms with E-state index in [1.54, 1.807) is 34.9 Å². The average Bonchev–Trinajstić information content (AvgIpc) is 3.44. The molecular formula is C32H62N2O2S5. The fraction of sp³-hybridized carbons (Fsp3) is 0.938. The summed E-state index contributed by atoms with van der Waals surface area (Å²) in [5, 5.41) is 29.2. The lowest BCUT2D eigenvalue weighted by molar-refractivity contribution is 0.224. The highest BCUT2D eigenvalue weighted by Gasteiger charge is 2.12. The van der Waals surface area contributed by atoms with Gasteiger partial charge in [0.2, 0.25) is 0 Å². The van der Waals surface area contributed by atoms with Crippen molar-refractivity contribution >= 4 is 58.4 Å². The molecule has 1 heterocycles. The molecule has 1 rings (SSSR count). The summed E-state index contributed by atoms with van der Waals surface area (Å²) in [6.07, 6.45) is 26.8. The summed E-state index contributed by atoms with van der Waals surface area (Å²) in [7, 11) is 0. The zero-order valence-electron chi connectivity index (χ0n) is 26.4. The smallest absolute Gasteiger partial charge is 0.175 e. The van der Waals surface area contributed by atoms with Crippen LogP contribution >= 0.6 is 58.4 Å². The highest BCUT2D eigenvalue weighted by Crippen LogP contribution is 2.30.